The van der Waals surface area contributed by atoms with Gasteiger partial charge in [0.15, 0.2) is 0 Å². The van der Waals surface area contributed by atoms with Gasteiger partial charge in [0.2, 0.25) is 0 Å². The Morgan fingerprint density at radius 3 is 1.44 bits per heavy atom. The van der Waals surface area contributed by atoms with E-state index in [1.807, 2.05) is 0 Å². The van der Waals surface area contributed by atoms with Crippen molar-refractivity contribution in [3.63, 3.8) is 0 Å². The fourth-order valence-electron chi connectivity index (χ4n) is 0.453. The van der Waals surface area contributed by atoms with E-state index in [1.54, 1.807) is 24.3 Å². The second-order valence-corrected chi connectivity index (χ2v) is 3.07. The SMILES string of the molecule is CC(=O)O.CC(=O)O.Oc1ccc(S)cc1. The highest BCUT2D eigenvalue weighted by Gasteiger charge is 1.82. The fraction of sp³-hybridized carbons (Fsp3) is 0.200. The van der Waals surface area contributed by atoms with Crippen LogP contribution >= 0.6 is 12.6 Å². The number of aliphatic carboxylic acids is 2. The number of phenolic OH excluding ortho intramolecular Hbond substituents is 1. The zero-order valence-electron chi connectivity index (χ0n) is 8.91. The predicted octanol–water partition coefficient (Wildman–Crippen LogP) is 1.86. The first-order valence-electron chi connectivity index (χ1n) is 4.12. The number of thiol groups is 1. The Morgan fingerprint density at radius 2 is 1.25 bits per heavy atom. The van der Waals surface area contributed by atoms with Crippen molar-refractivity contribution in [2.45, 2.75) is 18.7 Å². The van der Waals surface area contributed by atoms with Crippen LogP contribution in [0.15, 0.2) is 29.2 Å². The molecule has 1 aromatic rings. The Bertz CT molecular complexity index is 279. The Kier molecular flexibility index (Phi) is 10.3. The average molecular weight is 246 g/mol. The third-order valence-corrected chi connectivity index (χ3v) is 1.15. The van der Waals surface area contributed by atoms with Gasteiger partial charge >= 0.3 is 0 Å². The Hall–Kier alpha value is -1.69. The van der Waals surface area contributed by atoms with E-state index < -0.39 is 11.9 Å². The van der Waals surface area contributed by atoms with Crippen molar-refractivity contribution in [2.75, 3.05) is 0 Å². The number of rotatable bonds is 0. The van der Waals surface area contributed by atoms with Gasteiger partial charge < -0.3 is 15.3 Å². The summed E-state index contributed by atoms with van der Waals surface area (Å²) in [7, 11) is 0. The van der Waals surface area contributed by atoms with E-state index in [0.717, 1.165) is 18.7 Å². The van der Waals surface area contributed by atoms with Crippen LogP contribution in [0.5, 0.6) is 5.75 Å². The summed E-state index contributed by atoms with van der Waals surface area (Å²) in [6.45, 7) is 2.17. The van der Waals surface area contributed by atoms with Crippen molar-refractivity contribution < 1.29 is 24.9 Å². The quantitative estimate of drug-likeness (QED) is 0.524. The van der Waals surface area contributed by atoms with Crippen molar-refractivity contribution >= 4 is 24.6 Å². The molecular weight excluding hydrogens is 232 g/mol. The highest BCUT2D eigenvalue weighted by Crippen LogP contribution is 2.11. The number of phenols is 1. The molecule has 0 spiro atoms. The fourth-order valence-corrected chi connectivity index (χ4v) is 0.602. The predicted molar refractivity (Wildman–Crippen MR) is 62.0 cm³/mol. The monoisotopic (exact) mass is 246 g/mol. The Morgan fingerprint density at radius 1 is 1.00 bits per heavy atom. The standard InChI is InChI=1S/C6H6OS.2C2H4O2/c7-5-1-3-6(8)4-2-5;2*1-2(3)4/h1-4,7-8H;2*1H3,(H,3,4). The number of hydrogen-bond donors (Lipinski definition) is 4. The molecule has 0 aromatic heterocycles. The molecule has 3 N–H and O–H groups in total. The summed E-state index contributed by atoms with van der Waals surface area (Å²) in [5.41, 5.74) is 0. The zero-order valence-corrected chi connectivity index (χ0v) is 9.81. The Balaban J connectivity index is 0. The minimum absolute atomic E-state index is 0.280. The smallest absolute Gasteiger partial charge is 0.300 e. The number of carboxylic acid groups (broad SMARTS) is 2. The first kappa shape index (κ1) is 16.7. The molecule has 0 unspecified atom stereocenters. The molecule has 0 saturated carbocycles. The first-order valence-corrected chi connectivity index (χ1v) is 4.57. The molecule has 0 heterocycles. The summed E-state index contributed by atoms with van der Waals surface area (Å²) in [6.07, 6.45) is 0. The number of carboxylic acids is 2. The van der Waals surface area contributed by atoms with Crippen LogP contribution in [-0.4, -0.2) is 27.3 Å². The van der Waals surface area contributed by atoms with Crippen LogP contribution in [0.25, 0.3) is 0 Å². The molecule has 16 heavy (non-hydrogen) atoms. The van der Waals surface area contributed by atoms with E-state index in [1.165, 1.54) is 0 Å². The van der Waals surface area contributed by atoms with Gasteiger partial charge in [-0.25, -0.2) is 0 Å². The molecule has 1 aromatic carbocycles. The topological polar surface area (TPSA) is 94.8 Å². The van der Waals surface area contributed by atoms with E-state index in [-0.39, 0.29) is 5.75 Å². The molecule has 1 rings (SSSR count). The summed E-state index contributed by atoms with van der Waals surface area (Å²) in [5.74, 6) is -1.39. The third kappa shape index (κ3) is 22.8. The van der Waals surface area contributed by atoms with Gasteiger partial charge in [-0.15, -0.1) is 12.6 Å². The lowest BCUT2D eigenvalue weighted by Crippen LogP contribution is -1.78. The van der Waals surface area contributed by atoms with Gasteiger partial charge in [0.25, 0.3) is 11.9 Å². The molecule has 0 fully saturated rings. The lowest BCUT2D eigenvalue weighted by atomic mass is 10.3. The van der Waals surface area contributed by atoms with Gasteiger partial charge in [-0.1, -0.05) is 0 Å². The molecule has 0 aliphatic rings. The van der Waals surface area contributed by atoms with Crippen LogP contribution in [0.1, 0.15) is 13.8 Å². The normalized spacial score (nSPS) is 7.69. The molecule has 0 radical (unpaired) electrons. The molecule has 0 saturated heterocycles. The molecular formula is C10H14O5S. The average Bonchev–Trinajstić information content (AvgIpc) is 2.08. The van der Waals surface area contributed by atoms with Gasteiger partial charge in [0.1, 0.15) is 5.75 Å². The van der Waals surface area contributed by atoms with E-state index in [9.17, 15) is 0 Å². The molecule has 90 valence electrons. The minimum atomic E-state index is -0.833. The number of carbonyl (C=O) groups is 2. The molecule has 6 heteroatoms. The maximum Gasteiger partial charge on any atom is 0.300 e. The summed E-state index contributed by atoms with van der Waals surface area (Å²) < 4.78 is 0. The molecule has 0 atom stereocenters. The Labute approximate surface area is 98.8 Å². The van der Waals surface area contributed by atoms with Crippen LogP contribution in [0.3, 0.4) is 0 Å². The van der Waals surface area contributed by atoms with Crippen molar-refractivity contribution in [3.05, 3.63) is 24.3 Å². The molecule has 0 amide bonds. The van der Waals surface area contributed by atoms with Crippen molar-refractivity contribution in [2.24, 2.45) is 0 Å². The number of hydrogen-bond acceptors (Lipinski definition) is 4. The first-order chi connectivity index (χ1) is 7.25. The maximum atomic E-state index is 9.00. The van der Waals surface area contributed by atoms with E-state index in [4.69, 9.17) is 24.9 Å². The summed E-state index contributed by atoms with van der Waals surface area (Å²) in [6, 6.07) is 6.67. The largest absolute Gasteiger partial charge is 0.508 e. The van der Waals surface area contributed by atoms with Crippen LogP contribution in [-0.2, 0) is 9.59 Å². The maximum absolute atomic E-state index is 9.00. The molecule has 0 aliphatic carbocycles. The van der Waals surface area contributed by atoms with Gasteiger partial charge in [-0.2, -0.15) is 0 Å². The lowest BCUT2D eigenvalue weighted by molar-refractivity contribution is -0.135. The van der Waals surface area contributed by atoms with Gasteiger partial charge in [-0.05, 0) is 24.3 Å². The van der Waals surface area contributed by atoms with E-state index >= 15 is 0 Å². The van der Waals surface area contributed by atoms with Crippen LogP contribution < -0.4 is 0 Å². The van der Waals surface area contributed by atoms with E-state index in [0.29, 0.717) is 0 Å². The second-order valence-electron chi connectivity index (χ2n) is 2.55. The number of benzene rings is 1. The molecule has 0 aliphatic heterocycles. The molecule has 0 bridgehead atoms. The van der Waals surface area contributed by atoms with Crippen molar-refractivity contribution in [3.8, 4) is 5.75 Å². The third-order valence-electron chi connectivity index (χ3n) is 0.850. The van der Waals surface area contributed by atoms with Crippen LogP contribution in [0.2, 0.25) is 0 Å². The highest BCUT2D eigenvalue weighted by molar-refractivity contribution is 7.80. The minimum Gasteiger partial charge on any atom is -0.508 e. The number of aromatic hydroxyl groups is 1. The highest BCUT2D eigenvalue weighted by atomic mass is 32.1. The van der Waals surface area contributed by atoms with Crippen molar-refractivity contribution in [1.82, 2.24) is 0 Å². The lowest BCUT2D eigenvalue weighted by Gasteiger charge is -1.88. The van der Waals surface area contributed by atoms with Crippen LogP contribution in [0.4, 0.5) is 0 Å². The van der Waals surface area contributed by atoms with Crippen molar-refractivity contribution in [1.29, 1.82) is 0 Å². The summed E-state index contributed by atoms with van der Waals surface area (Å²) in [5, 5.41) is 23.6. The van der Waals surface area contributed by atoms with Crippen LogP contribution in [0, 0.1) is 0 Å². The van der Waals surface area contributed by atoms with Gasteiger partial charge in [0.05, 0.1) is 0 Å². The summed E-state index contributed by atoms with van der Waals surface area (Å²) in [4.78, 5) is 18.9. The van der Waals surface area contributed by atoms with Gasteiger partial charge in [0, 0.05) is 18.7 Å². The second kappa shape index (κ2) is 9.85. The van der Waals surface area contributed by atoms with Gasteiger partial charge in [-0.3, -0.25) is 9.59 Å². The summed E-state index contributed by atoms with van der Waals surface area (Å²) >= 11 is 4.02. The molecule has 5 nitrogen and oxygen atoms in total. The van der Waals surface area contributed by atoms with E-state index in [2.05, 4.69) is 12.6 Å². The zero-order chi connectivity index (χ0) is 13.1.